The SMILES string of the molecule is Cc1ccc(C)c(C(=O)CCC(=O)NC(C(=O)O)C2CC2)c1. The molecule has 2 N–H and O–H groups in total. The number of hydrogen-bond acceptors (Lipinski definition) is 3. The minimum Gasteiger partial charge on any atom is -0.480 e. The number of ketones is 1. The third kappa shape index (κ3) is 4.16. The summed E-state index contributed by atoms with van der Waals surface area (Å²) in [4.78, 5) is 35.1. The van der Waals surface area contributed by atoms with Gasteiger partial charge in [-0.05, 0) is 44.2 Å². The second kappa shape index (κ2) is 6.73. The summed E-state index contributed by atoms with van der Waals surface area (Å²) in [5, 5.41) is 11.6. The van der Waals surface area contributed by atoms with E-state index in [1.165, 1.54) is 0 Å². The van der Waals surface area contributed by atoms with Crippen molar-refractivity contribution in [3.8, 4) is 0 Å². The van der Waals surface area contributed by atoms with Crippen molar-refractivity contribution in [3.63, 3.8) is 0 Å². The normalized spacial score (nSPS) is 15.2. The molecule has 1 aliphatic rings. The van der Waals surface area contributed by atoms with Crippen LogP contribution in [0.1, 0.15) is 47.2 Å². The number of nitrogens with one attached hydrogen (secondary N) is 1. The van der Waals surface area contributed by atoms with Crippen LogP contribution in [0.4, 0.5) is 0 Å². The van der Waals surface area contributed by atoms with Gasteiger partial charge in [0.1, 0.15) is 6.04 Å². The predicted octanol–water partition coefficient (Wildman–Crippen LogP) is 2.25. The van der Waals surface area contributed by atoms with E-state index in [4.69, 9.17) is 5.11 Å². The maximum Gasteiger partial charge on any atom is 0.326 e. The smallest absolute Gasteiger partial charge is 0.326 e. The van der Waals surface area contributed by atoms with E-state index in [0.29, 0.717) is 5.56 Å². The second-order valence-corrected chi connectivity index (χ2v) is 5.96. The van der Waals surface area contributed by atoms with E-state index >= 15 is 0 Å². The lowest BCUT2D eigenvalue weighted by molar-refractivity contribution is -0.142. The summed E-state index contributed by atoms with van der Waals surface area (Å²) in [6.07, 6.45) is 1.77. The van der Waals surface area contributed by atoms with Crippen LogP contribution in [0.5, 0.6) is 0 Å². The molecule has 5 nitrogen and oxygen atoms in total. The van der Waals surface area contributed by atoms with E-state index in [1.807, 2.05) is 32.0 Å². The standard InChI is InChI=1S/C17H21NO4/c1-10-3-4-11(2)13(9-10)14(19)7-8-15(20)18-16(17(21)22)12-5-6-12/h3-4,9,12,16H,5-8H2,1-2H3,(H,18,20)(H,21,22). The monoisotopic (exact) mass is 303 g/mol. The fraction of sp³-hybridized carbons (Fsp3) is 0.471. The van der Waals surface area contributed by atoms with Crippen molar-refractivity contribution in [2.45, 2.75) is 45.6 Å². The Balaban J connectivity index is 1.89. The highest BCUT2D eigenvalue weighted by molar-refractivity contribution is 5.99. The van der Waals surface area contributed by atoms with Gasteiger partial charge in [-0.2, -0.15) is 0 Å². The number of carbonyl (C=O) groups excluding carboxylic acids is 2. The number of carbonyl (C=O) groups is 3. The zero-order chi connectivity index (χ0) is 16.3. The minimum atomic E-state index is -1.00. The molecule has 0 bridgehead atoms. The number of amides is 1. The van der Waals surface area contributed by atoms with Gasteiger partial charge in [0.05, 0.1) is 0 Å². The first kappa shape index (κ1) is 16.2. The minimum absolute atomic E-state index is 0.0166. The van der Waals surface area contributed by atoms with Crippen LogP contribution in [0.2, 0.25) is 0 Å². The quantitative estimate of drug-likeness (QED) is 0.757. The van der Waals surface area contributed by atoms with E-state index in [1.54, 1.807) is 0 Å². The maximum absolute atomic E-state index is 12.2. The van der Waals surface area contributed by atoms with E-state index in [0.717, 1.165) is 24.0 Å². The van der Waals surface area contributed by atoms with E-state index in [9.17, 15) is 14.4 Å². The predicted molar refractivity (Wildman–Crippen MR) is 81.8 cm³/mol. The first-order valence-electron chi connectivity index (χ1n) is 7.51. The van der Waals surface area contributed by atoms with Crippen LogP contribution in [-0.4, -0.2) is 28.8 Å². The van der Waals surface area contributed by atoms with Gasteiger partial charge < -0.3 is 10.4 Å². The molecule has 118 valence electrons. The van der Waals surface area contributed by atoms with Crippen molar-refractivity contribution in [2.75, 3.05) is 0 Å². The summed E-state index contributed by atoms with van der Waals surface area (Å²) >= 11 is 0. The van der Waals surface area contributed by atoms with Crippen LogP contribution < -0.4 is 5.32 Å². The number of carboxylic acid groups (broad SMARTS) is 1. The third-order valence-corrected chi connectivity index (χ3v) is 3.95. The van der Waals surface area contributed by atoms with Crippen LogP contribution in [0, 0.1) is 19.8 Å². The molecule has 0 heterocycles. The average molecular weight is 303 g/mol. The largest absolute Gasteiger partial charge is 0.480 e. The lowest BCUT2D eigenvalue weighted by Gasteiger charge is -2.13. The van der Waals surface area contributed by atoms with Gasteiger partial charge in [0, 0.05) is 18.4 Å². The molecular weight excluding hydrogens is 282 g/mol. The lowest BCUT2D eigenvalue weighted by atomic mass is 9.99. The lowest BCUT2D eigenvalue weighted by Crippen LogP contribution is -2.42. The Bertz CT molecular complexity index is 605. The Morgan fingerprint density at radius 2 is 1.91 bits per heavy atom. The number of aryl methyl sites for hydroxylation is 2. The van der Waals surface area contributed by atoms with Gasteiger partial charge in [-0.3, -0.25) is 9.59 Å². The van der Waals surface area contributed by atoms with Crippen LogP contribution in [0.3, 0.4) is 0 Å². The molecule has 0 spiro atoms. The number of benzene rings is 1. The third-order valence-electron chi connectivity index (χ3n) is 3.95. The van der Waals surface area contributed by atoms with Crippen molar-refractivity contribution >= 4 is 17.7 Å². The molecule has 5 heteroatoms. The molecule has 2 rings (SSSR count). The maximum atomic E-state index is 12.2. The van der Waals surface area contributed by atoms with Gasteiger partial charge in [-0.1, -0.05) is 17.7 Å². The summed E-state index contributed by atoms with van der Waals surface area (Å²) in [6.45, 7) is 3.77. The molecule has 1 aliphatic carbocycles. The van der Waals surface area contributed by atoms with Gasteiger partial charge in [0.15, 0.2) is 5.78 Å². The first-order chi connectivity index (χ1) is 10.4. The van der Waals surface area contributed by atoms with Crippen molar-refractivity contribution in [1.82, 2.24) is 5.32 Å². The summed E-state index contributed by atoms with van der Waals surface area (Å²) in [5.41, 5.74) is 2.51. The Morgan fingerprint density at radius 3 is 2.50 bits per heavy atom. The molecule has 0 aliphatic heterocycles. The summed E-state index contributed by atoms with van der Waals surface area (Å²) < 4.78 is 0. The molecule has 1 unspecified atom stereocenters. The molecule has 0 saturated heterocycles. The fourth-order valence-corrected chi connectivity index (χ4v) is 2.45. The first-order valence-corrected chi connectivity index (χ1v) is 7.51. The highest BCUT2D eigenvalue weighted by Gasteiger charge is 2.37. The van der Waals surface area contributed by atoms with Crippen molar-refractivity contribution in [2.24, 2.45) is 5.92 Å². The topological polar surface area (TPSA) is 83.5 Å². The second-order valence-electron chi connectivity index (χ2n) is 5.96. The van der Waals surface area contributed by atoms with Crippen LogP contribution in [0.15, 0.2) is 18.2 Å². The van der Waals surface area contributed by atoms with Crippen molar-refractivity contribution < 1.29 is 19.5 Å². The summed E-state index contributed by atoms with van der Waals surface area (Å²) in [7, 11) is 0. The molecule has 22 heavy (non-hydrogen) atoms. The zero-order valence-electron chi connectivity index (χ0n) is 12.9. The van der Waals surface area contributed by atoms with E-state index in [2.05, 4.69) is 5.32 Å². The summed E-state index contributed by atoms with van der Waals surface area (Å²) in [5.74, 6) is -1.43. The van der Waals surface area contributed by atoms with Gasteiger partial charge in [-0.15, -0.1) is 0 Å². The molecule has 1 aromatic carbocycles. The number of carboxylic acids is 1. The number of Topliss-reactive ketones (excluding diaryl/α,β-unsaturated/α-hetero) is 1. The molecule has 1 amide bonds. The Morgan fingerprint density at radius 1 is 1.23 bits per heavy atom. The highest BCUT2D eigenvalue weighted by atomic mass is 16.4. The van der Waals surface area contributed by atoms with Gasteiger partial charge in [0.25, 0.3) is 0 Å². The molecule has 1 aromatic rings. The molecule has 1 fully saturated rings. The molecule has 1 saturated carbocycles. The van der Waals surface area contributed by atoms with Gasteiger partial charge >= 0.3 is 5.97 Å². The molecule has 1 atom stereocenters. The van der Waals surface area contributed by atoms with Gasteiger partial charge in [0.2, 0.25) is 5.91 Å². The molecular formula is C17H21NO4. The fourth-order valence-electron chi connectivity index (χ4n) is 2.45. The van der Waals surface area contributed by atoms with Crippen LogP contribution in [0.25, 0.3) is 0 Å². The van der Waals surface area contributed by atoms with Crippen LogP contribution >= 0.6 is 0 Å². The molecule has 0 radical (unpaired) electrons. The van der Waals surface area contributed by atoms with Crippen molar-refractivity contribution in [1.29, 1.82) is 0 Å². The average Bonchev–Trinajstić information content (AvgIpc) is 3.29. The van der Waals surface area contributed by atoms with Crippen molar-refractivity contribution in [3.05, 3.63) is 34.9 Å². The zero-order valence-corrected chi connectivity index (χ0v) is 12.9. The molecule has 0 aromatic heterocycles. The van der Waals surface area contributed by atoms with E-state index < -0.39 is 12.0 Å². The Hall–Kier alpha value is -2.17. The highest BCUT2D eigenvalue weighted by Crippen LogP contribution is 2.32. The Labute approximate surface area is 129 Å². The van der Waals surface area contributed by atoms with Gasteiger partial charge in [-0.25, -0.2) is 4.79 Å². The number of hydrogen-bond donors (Lipinski definition) is 2. The summed E-state index contributed by atoms with van der Waals surface area (Å²) in [6, 6.07) is 4.82. The van der Waals surface area contributed by atoms with E-state index in [-0.39, 0.29) is 30.4 Å². The Kier molecular flexibility index (Phi) is 4.96. The number of aliphatic carboxylic acids is 1. The number of rotatable bonds is 7. The van der Waals surface area contributed by atoms with Crippen LogP contribution in [-0.2, 0) is 9.59 Å².